The van der Waals surface area contributed by atoms with Crippen LogP contribution in [-0.4, -0.2) is 27.7 Å². The van der Waals surface area contributed by atoms with E-state index in [0.29, 0.717) is 5.92 Å². The minimum absolute atomic E-state index is 0.429. The molecule has 2 aromatic heterocycles. The van der Waals surface area contributed by atoms with E-state index >= 15 is 0 Å². The van der Waals surface area contributed by atoms with Crippen molar-refractivity contribution in [1.82, 2.24) is 14.5 Å². The van der Waals surface area contributed by atoms with Crippen LogP contribution in [0.2, 0.25) is 0 Å². The van der Waals surface area contributed by atoms with Crippen LogP contribution in [0.25, 0.3) is 11.2 Å². The van der Waals surface area contributed by atoms with Gasteiger partial charge in [0.15, 0.2) is 5.65 Å². The summed E-state index contributed by atoms with van der Waals surface area (Å²) in [5.74, 6) is 1.57. The lowest BCUT2D eigenvalue weighted by atomic mass is 10.0. The Morgan fingerprint density at radius 3 is 3.24 bits per heavy atom. The zero-order valence-electron chi connectivity index (χ0n) is 10.1. The second kappa shape index (κ2) is 4.45. The predicted molar refractivity (Wildman–Crippen MR) is 66.0 cm³/mol. The minimum atomic E-state index is 0.429. The highest BCUT2D eigenvalue weighted by Crippen LogP contribution is 2.27. The van der Waals surface area contributed by atoms with Crippen molar-refractivity contribution >= 4 is 11.2 Å². The lowest BCUT2D eigenvalue weighted by Gasteiger charge is -2.22. The average Bonchev–Trinajstić information content (AvgIpc) is 2.78. The van der Waals surface area contributed by atoms with E-state index in [-0.39, 0.29) is 0 Å². The fourth-order valence-corrected chi connectivity index (χ4v) is 2.54. The van der Waals surface area contributed by atoms with E-state index < -0.39 is 0 Å². The highest BCUT2D eigenvalue weighted by molar-refractivity contribution is 5.71. The number of aromatic nitrogens is 3. The fourth-order valence-electron chi connectivity index (χ4n) is 2.54. The number of imidazole rings is 1. The highest BCUT2D eigenvalue weighted by atomic mass is 16.5. The van der Waals surface area contributed by atoms with E-state index in [2.05, 4.69) is 16.5 Å². The quantitative estimate of drug-likeness (QED) is 0.796. The molecule has 1 fully saturated rings. The smallest absolute Gasteiger partial charge is 0.159 e. The van der Waals surface area contributed by atoms with Gasteiger partial charge in [-0.1, -0.05) is 0 Å². The van der Waals surface area contributed by atoms with Crippen molar-refractivity contribution in [2.45, 2.75) is 32.2 Å². The maximum Gasteiger partial charge on any atom is 0.159 e. The topological polar surface area (TPSA) is 39.9 Å². The van der Waals surface area contributed by atoms with E-state index in [1.165, 1.54) is 6.42 Å². The molecule has 0 radical (unpaired) electrons. The van der Waals surface area contributed by atoms with Crippen molar-refractivity contribution in [1.29, 1.82) is 0 Å². The number of hydrogen-bond acceptors (Lipinski definition) is 3. The van der Waals surface area contributed by atoms with Gasteiger partial charge in [0, 0.05) is 25.3 Å². The van der Waals surface area contributed by atoms with E-state index in [1.54, 1.807) is 0 Å². The summed E-state index contributed by atoms with van der Waals surface area (Å²) in [5.41, 5.74) is 1.99. The zero-order valence-corrected chi connectivity index (χ0v) is 10.1. The zero-order chi connectivity index (χ0) is 11.7. The van der Waals surface area contributed by atoms with Crippen molar-refractivity contribution in [3.05, 3.63) is 24.2 Å². The molecule has 2 aromatic rings. The summed E-state index contributed by atoms with van der Waals surface area (Å²) in [6, 6.07) is 3.97. The molecule has 0 spiro atoms. The predicted octanol–water partition coefficient (Wildman–Crippen LogP) is 2.35. The lowest BCUT2D eigenvalue weighted by Crippen LogP contribution is -2.19. The van der Waals surface area contributed by atoms with Gasteiger partial charge in [-0.3, -0.25) is 0 Å². The third-order valence-electron chi connectivity index (χ3n) is 3.37. The first-order valence-corrected chi connectivity index (χ1v) is 6.29. The van der Waals surface area contributed by atoms with Gasteiger partial charge in [-0.25, -0.2) is 9.97 Å². The monoisotopic (exact) mass is 231 g/mol. The van der Waals surface area contributed by atoms with Crippen molar-refractivity contribution in [3.8, 4) is 0 Å². The van der Waals surface area contributed by atoms with Crippen molar-refractivity contribution in [3.63, 3.8) is 0 Å². The van der Waals surface area contributed by atoms with Crippen LogP contribution >= 0.6 is 0 Å². The summed E-state index contributed by atoms with van der Waals surface area (Å²) in [6.07, 6.45) is 4.13. The molecule has 0 saturated carbocycles. The Bertz CT molecular complexity index is 514. The van der Waals surface area contributed by atoms with Crippen molar-refractivity contribution < 1.29 is 4.74 Å². The van der Waals surface area contributed by atoms with Crippen LogP contribution < -0.4 is 0 Å². The second-order valence-corrected chi connectivity index (χ2v) is 4.47. The van der Waals surface area contributed by atoms with Crippen LogP contribution in [0.4, 0.5) is 0 Å². The highest BCUT2D eigenvalue weighted by Gasteiger charge is 2.22. The van der Waals surface area contributed by atoms with Crippen LogP contribution in [0.15, 0.2) is 18.3 Å². The number of nitrogens with zero attached hydrogens (tertiary/aromatic N) is 3. The summed E-state index contributed by atoms with van der Waals surface area (Å²) in [5, 5.41) is 0. The molecule has 3 heterocycles. The second-order valence-electron chi connectivity index (χ2n) is 4.47. The van der Waals surface area contributed by atoms with Crippen LogP contribution in [-0.2, 0) is 11.3 Å². The Hall–Kier alpha value is -1.42. The maximum atomic E-state index is 5.56. The molecule has 17 heavy (non-hydrogen) atoms. The molecule has 1 saturated heterocycles. The van der Waals surface area contributed by atoms with Gasteiger partial charge in [-0.05, 0) is 31.9 Å². The lowest BCUT2D eigenvalue weighted by molar-refractivity contribution is 0.0772. The molecule has 1 atom stereocenters. The van der Waals surface area contributed by atoms with Crippen LogP contribution in [0.5, 0.6) is 0 Å². The molecule has 4 heteroatoms. The molecular weight excluding hydrogens is 214 g/mol. The average molecular weight is 231 g/mol. The third kappa shape index (κ3) is 1.82. The molecule has 0 aromatic carbocycles. The summed E-state index contributed by atoms with van der Waals surface area (Å²) >= 11 is 0. The first-order chi connectivity index (χ1) is 8.40. The minimum Gasteiger partial charge on any atom is -0.381 e. The maximum absolute atomic E-state index is 5.56. The summed E-state index contributed by atoms with van der Waals surface area (Å²) in [7, 11) is 0. The van der Waals surface area contributed by atoms with Gasteiger partial charge < -0.3 is 9.30 Å². The number of hydrogen-bond donors (Lipinski definition) is 0. The third-order valence-corrected chi connectivity index (χ3v) is 3.37. The standard InChI is InChI=1S/C13H17N3O/c1-2-16-12(10-5-4-8-17-9-10)15-11-6-3-7-14-13(11)16/h3,6-7,10H,2,4-5,8-9H2,1H3. The molecule has 90 valence electrons. The van der Waals surface area contributed by atoms with Gasteiger partial charge >= 0.3 is 0 Å². The Labute approximate surface area is 101 Å². The van der Waals surface area contributed by atoms with Gasteiger partial charge in [0.25, 0.3) is 0 Å². The molecule has 0 amide bonds. The van der Waals surface area contributed by atoms with Crippen LogP contribution in [0.3, 0.4) is 0 Å². The number of ether oxygens (including phenoxy) is 1. The molecule has 1 unspecified atom stereocenters. The first-order valence-electron chi connectivity index (χ1n) is 6.29. The van der Waals surface area contributed by atoms with Gasteiger partial charge in [-0.2, -0.15) is 0 Å². The molecule has 0 aliphatic carbocycles. The van der Waals surface area contributed by atoms with Gasteiger partial charge in [0.2, 0.25) is 0 Å². The van der Waals surface area contributed by atoms with Gasteiger partial charge in [0.1, 0.15) is 11.3 Å². The molecule has 1 aliphatic rings. The fraction of sp³-hybridized carbons (Fsp3) is 0.538. The Morgan fingerprint density at radius 2 is 2.47 bits per heavy atom. The summed E-state index contributed by atoms with van der Waals surface area (Å²) in [6.45, 7) is 4.74. The molecule has 0 bridgehead atoms. The van der Waals surface area contributed by atoms with E-state index in [1.807, 2.05) is 18.3 Å². The number of pyridine rings is 1. The first kappa shape index (κ1) is 10.7. The van der Waals surface area contributed by atoms with Crippen LogP contribution in [0.1, 0.15) is 31.5 Å². The Kier molecular flexibility index (Phi) is 2.81. The largest absolute Gasteiger partial charge is 0.381 e. The number of aryl methyl sites for hydroxylation is 1. The molecule has 3 rings (SSSR count). The van der Waals surface area contributed by atoms with Gasteiger partial charge in [-0.15, -0.1) is 0 Å². The van der Waals surface area contributed by atoms with Crippen molar-refractivity contribution in [2.24, 2.45) is 0 Å². The Balaban J connectivity index is 2.08. The van der Waals surface area contributed by atoms with Crippen molar-refractivity contribution in [2.75, 3.05) is 13.2 Å². The SMILES string of the molecule is CCn1c(C2CCCOC2)nc2cccnc21. The normalized spacial score (nSPS) is 20.9. The van der Waals surface area contributed by atoms with E-state index in [0.717, 1.165) is 43.2 Å². The van der Waals surface area contributed by atoms with Gasteiger partial charge in [0.05, 0.1) is 6.61 Å². The summed E-state index contributed by atoms with van der Waals surface area (Å²) in [4.78, 5) is 9.15. The van der Waals surface area contributed by atoms with E-state index in [4.69, 9.17) is 9.72 Å². The van der Waals surface area contributed by atoms with Crippen LogP contribution in [0, 0.1) is 0 Å². The number of rotatable bonds is 2. The number of fused-ring (bicyclic) bond motifs is 1. The molecule has 0 N–H and O–H groups in total. The molecule has 1 aliphatic heterocycles. The Morgan fingerprint density at radius 1 is 1.53 bits per heavy atom. The molecule has 4 nitrogen and oxygen atoms in total. The summed E-state index contributed by atoms with van der Waals surface area (Å²) < 4.78 is 7.78. The molecular formula is C13H17N3O. The van der Waals surface area contributed by atoms with E-state index in [9.17, 15) is 0 Å².